The number of nitrogens with zero attached hydrogens (tertiary/aromatic N) is 1. The molecule has 9 nitrogen and oxygen atoms in total. The number of esters is 1. The zero-order chi connectivity index (χ0) is 19.3. The number of ether oxygens (including phenoxy) is 2. The number of benzene rings is 2. The third-order valence-corrected chi connectivity index (χ3v) is 3.47. The average Bonchev–Trinajstić information content (AvgIpc) is 2.61. The molecule has 0 saturated heterocycles. The second-order valence-electron chi connectivity index (χ2n) is 5.23. The predicted molar refractivity (Wildman–Crippen MR) is 91.4 cm³/mol. The summed E-state index contributed by atoms with van der Waals surface area (Å²) in [5, 5.41) is 23.1. The summed E-state index contributed by atoms with van der Waals surface area (Å²) in [5.74, 6) is -1.69. The van der Waals surface area contributed by atoms with Crippen LogP contribution in [0.2, 0.25) is 0 Å². The van der Waals surface area contributed by atoms with Crippen molar-refractivity contribution in [2.24, 2.45) is 0 Å². The van der Waals surface area contributed by atoms with Crippen LogP contribution in [0.15, 0.2) is 36.4 Å². The summed E-state index contributed by atoms with van der Waals surface area (Å²) < 4.78 is 9.80. The number of nitrogens with one attached hydrogen (secondary N) is 1. The van der Waals surface area contributed by atoms with Crippen molar-refractivity contribution in [3.63, 3.8) is 0 Å². The minimum Gasteiger partial charge on any atom is -0.507 e. The Kier molecular flexibility index (Phi) is 5.74. The Morgan fingerprint density at radius 3 is 2.65 bits per heavy atom. The van der Waals surface area contributed by atoms with E-state index >= 15 is 0 Å². The average molecular weight is 360 g/mol. The van der Waals surface area contributed by atoms with Crippen LogP contribution in [0, 0.1) is 17.0 Å². The number of nitro groups is 1. The van der Waals surface area contributed by atoms with E-state index in [1.54, 1.807) is 13.0 Å². The highest BCUT2D eigenvalue weighted by atomic mass is 16.6. The van der Waals surface area contributed by atoms with E-state index in [2.05, 4.69) is 5.32 Å². The van der Waals surface area contributed by atoms with E-state index in [0.29, 0.717) is 11.3 Å². The summed E-state index contributed by atoms with van der Waals surface area (Å²) in [6, 6.07) is 8.32. The predicted octanol–water partition coefficient (Wildman–Crippen LogP) is 2.41. The van der Waals surface area contributed by atoms with Gasteiger partial charge in [-0.3, -0.25) is 14.9 Å². The van der Waals surface area contributed by atoms with Crippen molar-refractivity contribution in [1.29, 1.82) is 0 Å². The number of phenols is 1. The molecule has 0 atom stereocenters. The Bertz CT molecular complexity index is 864. The lowest BCUT2D eigenvalue weighted by Crippen LogP contribution is -2.22. The van der Waals surface area contributed by atoms with Crippen molar-refractivity contribution in [1.82, 2.24) is 0 Å². The number of methoxy groups -OCH3 is 1. The van der Waals surface area contributed by atoms with Crippen LogP contribution < -0.4 is 10.1 Å². The first-order chi connectivity index (χ1) is 12.3. The molecule has 0 bridgehead atoms. The maximum atomic E-state index is 12.0. The van der Waals surface area contributed by atoms with Crippen molar-refractivity contribution in [2.45, 2.75) is 6.92 Å². The molecule has 0 heterocycles. The summed E-state index contributed by atoms with van der Waals surface area (Å²) in [4.78, 5) is 34.4. The maximum absolute atomic E-state index is 12.0. The molecule has 1 amide bonds. The van der Waals surface area contributed by atoms with Crippen LogP contribution in [-0.4, -0.2) is 35.6 Å². The zero-order valence-electron chi connectivity index (χ0n) is 14.0. The number of phenolic OH excluding ortho intramolecular Hbond substituents is 1. The SMILES string of the molecule is COc1ccc(O)c(C(=O)OCC(=O)Nc2c(C)cccc2[N+](=O)[O-])c1. The Morgan fingerprint density at radius 1 is 1.27 bits per heavy atom. The van der Waals surface area contributed by atoms with Gasteiger partial charge in [-0.15, -0.1) is 0 Å². The molecule has 0 saturated carbocycles. The number of hydrogen-bond acceptors (Lipinski definition) is 7. The summed E-state index contributed by atoms with van der Waals surface area (Å²) >= 11 is 0. The number of aryl methyl sites for hydroxylation is 1. The van der Waals surface area contributed by atoms with E-state index in [1.165, 1.54) is 37.4 Å². The van der Waals surface area contributed by atoms with Crippen molar-refractivity contribution < 1.29 is 29.1 Å². The Labute approximate surface area is 148 Å². The molecular formula is C17H16N2O7. The molecule has 0 radical (unpaired) electrons. The van der Waals surface area contributed by atoms with Gasteiger partial charge in [0.2, 0.25) is 0 Å². The normalized spacial score (nSPS) is 10.1. The highest BCUT2D eigenvalue weighted by Gasteiger charge is 2.20. The molecule has 9 heteroatoms. The molecule has 0 spiro atoms. The topological polar surface area (TPSA) is 128 Å². The van der Waals surface area contributed by atoms with Crippen molar-refractivity contribution in [2.75, 3.05) is 19.0 Å². The first-order valence-corrected chi connectivity index (χ1v) is 7.41. The van der Waals surface area contributed by atoms with Gasteiger partial charge in [0.1, 0.15) is 22.7 Å². The molecule has 26 heavy (non-hydrogen) atoms. The second kappa shape index (κ2) is 7.97. The monoisotopic (exact) mass is 360 g/mol. The number of hydrogen-bond donors (Lipinski definition) is 2. The maximum Gasteiger partial charge on any atom is 0.342 e. The van der Waals surface area contributed by atoms with Gasteiger partial charge in [-0.05, 0) is 30.7 Å². The summed E-state index contributed by atoms with van der Waals surface area (Å²) in [6.45, 7) is 0.921. The minimum atomic E-state index is -0.934. The Balaban J connectivity index is 2.06. The molecule has 0 aliphatic rings. The van der Waals surface area contributed by atoms with Gasteiger partial charge >= 0.3 is 5.97 Å². The quantitative estimate of drug-likeness (QED) is 0.460. The molecular weight excluding hydrogens is 344 g/mol. The molecule has 136 valence electrons. The minimum absolute atomic E-state index is 0.0303. The number of anilines is 1. The fraction of sp³-hybridized carbons (Fsp3) is 0.176. The third kappa shape index (κ3) is 4.26. The third-order valence-electron chi connectivity index (χ3n) is 3.47. The number of carbonyl (C=O) groups excluding carboxylic acids is 2. The summed E-state index contributed by atoms with van der Waals surface area (Å²) in [6.07, 6.45) is 0. The van der Waals surface area contributed by atoms with Crippen LogP contribution >= 0.6 is 0 Å². The zero-order valence-corrected chi connectivity index (χ0v) is 14.0. The molecule has 2 aromatic rings. The molecule has 0 aliphatic carbocycles. The standard InChI is InChI=1S/C17H16N2O7/c1-10-4-3-5-13(19(23)24)16(10)18-15(21)9-26-17(22)12-8-11(25-2)6-7-14(12)20/h3-8,20H,9H2,1-2H3,(H,18,21). The van der Waals surface area contributed by atoms with E-state index < -0.39 is 23.4 Å². The number of amides is 1. The molecule has 0 unspecified atom stereocenters. The van der Waals surface area contributed by atoms with Gasteiger partial charge in [0, 0.05) is 6.07 Å². The number of para-hydroxylation sites is 1. The summed E-state index contributed by atoms with van der Waals surface area (Å²) in [7, 11) is 1.39. The molecule has 2 rings (SSSR count). The van der Waals surface area contributed by atoms with Gasteiger partial charge in [0.25, 0.3) is 11.6 Å². The first-order valence-electron chi connectivity index (χ1n) is 7.41. The van der Waals surface area contributed by atoms with Gasteiger partial charge in [-0.25, -0.2) is 4.79 Å². The van der Waals surface area contributed by atoms with E-state index in [9.17, 15) is 24.8 Å². The van der Waals surface area contributed by atoms with E-state index in [1.807, 2.05) is 0 Å². The van der Waals surface area contributed by atoms with Crippen LogP contribution in [0.3, 0.4) is 0 Å². The number of nitro benzene ring substituents is 1. The van der Waals surface area contributed by atoms with Crippen molar-refractivity contribution >= 4 is 23.3 Å². The fourth-order valence-corrected chi connectivity index (χ4v) is 2.16. The largest absolute Gasteiger partial charge is 0.507 e. The van der Waals surface area contributed by atoms with E-state index in [0.717, 1.165) is 0 Å². The van der Waals surface area contributed by atoms with Gasteiger partial charge in [-0.1, -0.05) is 12.1 Å². The number of rotatable bonds is 6. The smallest absolute Gasteiger partial charge is 0.342 e. The van der Waals surface area contributed by atoms with Crippen LogP contribution in [0.1, 0.15) is 15.9 Å². The lowest BCUT2D eigenvalue weighted by Gasteiger charge is -2.10. The van der Waals surface area contributed by atoms with Gasteiger partial charge in [0.15, 0.2) is 6.61 Å². The highest BCUT2D eigenvalue weighted by Crippen LogP contribution is 2.27. The molecule has 0 aliphatic heterocycles. The van der Waals surface area contributed by atoms with E-state index in [4.69, 9.17) is 9.47 Å². The lowest BCUT2D eigenvalue weighted by molar-refractivity contribution is -0.384. The van der Waals surface area contributed by atoms with Gasteiger partial charge < -0.3 is 19.9 Å². The fourth-order valence-electron chi connectivity index (χ4n) is 2.16. The number of carbonyl (C=O) groups is 2. The van der Waals surface area contributed by atoms with Crippen LogP contribution in [0.4, 0.5) is 11.4 Å². The van der Waals surface area contributed by atoms with Crippen LogP contribution in [-0.2, 0) is 9.53 Å². The Hall–Kier alpha value is -3.62. The summed E-state index contributed by atoms with van der Waals surface area (Å²) in [5.41, 5.74) is 0.0845. The molecule has 0 fully saturated rings. The second-order valence-corrected chi connectivity index (χ2v) is 5.23. The van der Waals surface area contributed by atoms with E-state index in [-0.39, 0.29) is 22.7 Å². The molecule has 0 aromatic heterocycles. The van der Waals surface area contributed by atoms with Crippen molar-refractivity contribution in [3.8, 4) is 11.5 Å². The lowest BCUT2D eigenvalue weighted by atomic mass is 10.1. The number of aromatic hydroxyl groups is 1. The first kappa shape index (κ1) is 18.7. The van der Waals surface area contributed by atoms with Crippen LogP contribution in [0.25, 0.3) is 0 Å². The molecule has 2 aromatic carbocycles. The van der Waals surface area contributed by atoms with Crippen LogP contribution in [0.5, 0.6) is 11.5 Å². The molecule has 2 N–H and O–H groups in total. The highest BCUT2D eigenvalue weighted by molar-refractivity contribution is 5.98. The van der Waals surface area contributed by atoms with Gasteiger partial charge in [-0.2, -0.15) is 0 Å². The van der Waals surface area contributed by atoms with Gasteiger partial charge in [0.05, 0.1) is 12.0 Å². The van der Waals surface area contributed by atoms with Crippen molar-refractivity contribution in [3.05, 3.63) is 57.6 Å². The Morgan fingerprint density at radius 2 is 2.00 bits per heavy atom.